The molecular formula is C20H25N5O3S. The molecule has 8 nitrogen and oxygen atoms in total. The minimum absolute atomic E-state index is 0.0344. The van der Waals surface area contributed by atoms with Gasteiger partial charge < -0.3 is 4.90 Å². The summed E-state index contributed by atoms with van der Waals surface area (Å²) >= 11 is 0. The number of rotatable bonds is 3. The summed E-state index contributed by atoms with van der Waals surface area (Å²) in [6.07, 6.45) is 3.16. The highest BCUT2D eigenvalue weighted by Gasteiger charge is 2.61. The van der Waals surface area contributed by atoms with E-state index in [9.17, 15) is 13.2 Å². The molecule has 1 aromatic heterocycles. The van der Waals surface area contributed by atoms with Gasteiger partial charge in [-0.25, -0.2) is 8.42 Å². The number of benzene rings is 1. The van der Waals surface area contributed by atoms with Crippen LogP contribution in [0, 0.1) is 32.6 Å². The van der Waals surface area contributed by atoms with Gasteiger partial charge in [-0.1, -0.05) is 22.9 Å². The monoisotopic (exact) mass is 415 g/mol. The lowest BCUT2D eigenvalue weighted by Crippen LogP contribution is -2.41. The highest BCUT2D eigenvalue weighted by atomic mass is 32.2. The molecule has 154 valence electrons. The zero-order valence-corrected chi connectivity index (χ0v) is 17.6. The second-order valence-electron chi connectivity index (χ2n) is 8.68. The molecule has 4 atom stereocenters. The van der Waals surface area contributed by atoms with Crippen LogP contribution >= 0.6 is 0 Å². The van der Waals surface area contributed by atoms with Crippen molar-refractivity contribution in [3.63, 3.8) is 0 Å². The molecule has 0 radical (unpaired) electrons. The van der Waals surface area contributed by atoms with Gasteiger partial charge in [-0.05, 0) is 56.6 Å². The van der Waals surface area contributed by atoms with E-state index in [0.29, 0.717) is 23.7 Å². The first-order chi connectivity index (χ1) is 13.8. The average Bonchev–Trinajstić information content (AvgIpc) is 3.39. The second kappa shape index (κ2) is 6.37. The molecule has 5 rings (SSSR count). The molecule has 1 amide bonds. The van der Waals surface area contributed by atoms with Gasteiger partial charge in [0.25, 0.3) is 5.91 Å². The van der Waals surface area contributed by atoms with Crippen LogP contribution in [0.5, 0.6) is 0 Å². The van der Waals surface area contributed by atoms with E-state index >= 15 is 0 Å². The number of fused-ring (bicyclic) bond motifs is 5. The van der Waals surface area contributed by atoms with Gasteiger partial charge in [0.15, 0.2) is 0 Å². The summed E-state index contributed by atoms with van der Waals surface area (Å²) in [6, 6.07) is 3.82. The number of carbonyl (C=O) groups is 1. The maximum Gasteiger partial charge on any atom is 0.273 e. The molecule has 0 aliphatic carbocycles. The van der Waals surface area contributed by atoms with Gasteiger partial charge in [0.1, 0.15) is 5.69 Å². The summed E-state index contributed by atoms with van der Waals surface area (Å²) in [5.74, 6) is 0.271. The fourth-order valence-corrected chi connectivity index (χ4v) is 8.37. The first-order valence-electron chi connectivity index (χ1n) is 10.1. The van der Waals surface area contributed by atoms with Crippen molar-refractivity contribution in [1.29, 1.82) is 0 Å². The molecule has 3 aliphatic rings. The minimum Gasteiger partial charge on any atom is -0.337 e. The van der Waals surface area contributed by atoms with Crippen LogP contribution in [-0.2, 0) is 10.0 Å². The highest BCUT2D eigenvalue weighted by Crippen LogP contribution is 2.52. The number of H-pyrrole nitrogens is 1. The van der Waals surface area contributed by atoms with Crippen LogP contribution in [0.25, 0.3) is 0 Å². The van der Waals surface area contributed by atoms with Crippen molar-refractivity contribution in [3.05, 3.63) is 40.7 Å². The lowest BCUT2D eigenvalue weighted by atomic mass is 9.82. The Balaban J connectivity index is 1.44. The van der Waals surface area contributed by atoms with Crippen LogP contribution in [0.15, 0.2) is 23.2 Å². The third kappa shape index (κ3) is 2.67. The maximum atomic E-state index is 13.7. The second-order valence-corrected chi connectivity index (χ2v) is 10.5. The van der Waals surface area contributed by atoms with Gasteiger partial charge in [0, 0.05) is 25.2 Å². The number of aromatic nitrogens is 3. The standard InChI is InChI=1S/C20H25N5O3S/c1-11-6-12(2)19(13(3)7-11)29(27,28)25-17-4-5-18(25)15-10-24(9-14(15)17)20(26)16-8-21-23-22-16/h6-8,14-15,17-18H,4-5,9-10H2,1-3H3,(H,21,22,23)/t14-,15+,17+,18-. The Labute approximate surface area is 170 Å². The SMILES string of the molecule is Cc1cc(C)c(S(=O)(=O)N2[C@@H]3CC[C@H]2[C@@H]2CN(C(=O)c4cnn[nH]4)C[C@@H]23)c(C)c1. The zero-order valence-electron chi connectivity index (χ0n) is 16.8. The van der Waals surface area contributed by atoms with E-state index in [4.69, 9.17) is 0 Å². The van der Waals surface area contributed by atoms with E-state index in [0.717, 1.165) is 29.5 Å². The molecule has 1 N–H and O–H groups in total. The minimum atomic E-state index is -3.57. The maximum absolute atomic E-state index is 13.7. The molecule has 29 heavy (non-hydrogen) atoms. The molecule has 3 aliphatic heterocycles. The molecule has 0 spiro atoms. The van der Waals surface area contributed by atoms with Crippen molar-refractivity contribution in [2.45, 2.75) is 50.6 Å². The van der Waals surface area contributed by atoms with Gasteiger partial charge in [0.2, 0.25) is 10.0 Å². The van der Waals surface area contributed by atoms with Crippen LogP contribution in [0.1, 0.15) is 40.0 Å². The number of hydrogen-bond acceptors (Lipinski definition) is 5. The van der Waals surface area contributed by atoms with E-state index in [-0.39, 0.29) is 29.8 Å². The molecule has 1 aromatic carbocycles. The third-order valence-electron chi connectivity index (χ3n) is 6.89. The Bertz CT molecular complexity index is 1040. The quantitative estimate of drug-likeness (QED) is 0.822. The Morgan fingerprint density at radius 2 is 1.66 bits per heavy atom. The van der Waals surface area contributed by atoms with Crippen molar-refractivity contribution in [1.82, 2.24) is 24.6 Å². The molecule has 4 heterocycles. The molecule has 2 aromatic rings. The smallest absolute Gasteiger partial charge is 0.273 e. The van der Waals surface area contributed by atoms with Crippen LogP contribution in [0.4, 0.5) is 0 Å². The van der Waals surface area contributed by atoms with Gasteiger partial charge in [-0.2, -0.15) is 4.31 Å². The number of amides is 1. The summed E-state index contributed by atoms with van der Waals surface area (Å²) in [4.78, 5) is 15.0. The first-order valence-corrected chi connectivity index (χ1v) is 11.5. The Hall–Kier alpha value is -2.26. The van der Waals surface area contributed by atoms with Crippen molar-refractivity contribution >= 4 is 15.9 Å². The molecular weight excluding hydrogens is 390 g/mol. The Morgan fingerprint density at radius 3 is 2.17 bits per heavy atom. The Morgan fingerprint density at radius 1 is 1.07 bits per heavy atom. The number of carbonyl (C=O) groups excluding carboxylic acids is 1. The van der Waals surface area contributed by atoms with Crippen LogP contribution in [0.2, 0.25) is 0 Å². The number of aryl methyl sites for hydroxylation is 3. The van der Waals surface area contributed by atoms with Crippen molar-refractivity contribution in [2.75, 3.05) is 13.1 Å². The first kappa shape index (κ1) is 18.7. The van der Waals surface area contributed by atoms with Crippen LogP contribution < -0.4 is 0 Å². The topological polar surface area (TPSA) is 99.3 Å². The highest BCUT2D eigenvalue weighted by molar-refractivity contribution is 7.89. The Kier molecular flexibility index (Phi) is 4.12. The molecule has 3 fully saturated rings. The molecule has 9 heteroatoms. The number of hydrogen-bond donors (Lipinski definition) is 1. The van der Waals surface area contributed by atoms with Crippen LogP contribution in [-0.4, -0.2) is 64.1 Å². The lowest BCUT2D eigenvalue weighted by Gasteiger charge is -2.27. The van der Waals surface area contributed by atoms with E-state index in [1.807, 2.05) is 37.8 Å². The van der Waals surface area contributed by atoms with Crippen molar-refractivity contribution < 1.29 is 13.2 Å². The number of likely N-dealkylation sites (tertiary alicyclic amines) is 1. The third-order valence-corrected chi connectivity index (χ3v) is 9.14. The largest absolute Gasteiger partial charge is 0.337 e. The molecule has 0 unspecified atom stereocenters. The average molecular weight is 416 g/mol. The number of nitrogens with zero attached hydrogens (tertiary/aromatic N) is 4. The molecule has 0 saturated carbocycles. The number of nitrogens with one attached hydrogen (secondary N) is 1. The van der Waals surface area contributed by atoms with Crippen LogP contribution in [0.3, 0.4) is 0 Å². The summed E-state index contributed by atoms with van der Waals surface area (Å²) in [7, 11) is -3.57. The normalized spacial score (nSPS) is 28.9. The van der Waals surface area contributed by atoms with Crippen molar-refractivity contribution in [2.24, 2.45) is 11.8 Å². The summed E-state index contributed by atoms with van der Waals surface area (Å²) in [6.45, 7) is 6.92. The fraction of sp³-hybridized carbons (Fsp3) is 0.550. The molecule has 3 saturated heterocycles. The summed E-state index contributed by atoms with van der Waals surface area (Å²) in [5, 5.41) is 9.94. The number of sulfonamides is 1. The molecule has 2 bridgehead atoms. The van der Waals surface area contributed by atoms with E-state index < -0.39 is 10.0 Å². The lowest BCUT2D eigenvalue weighted by molar-refractivity contribution is 0.0767. The summed E-state index contributed by atoms with van der Waals surface area (Å²) < 4.78 is 29.2. The predicted molar refractivity (Wildman–Crippen MR) is 106 cm³/mol. The van der Waals surface area contributed by atoms with Gasteiger partial charge in [-0.15, -0.1) is 5.10 Å². The van der Waals surface area contributed by atoms with E-state index in [1.165, 1.54) is 6.20 Å². The van der Waals surface area contributed by atoms with Crippen molar-refractivity contribution in [3.8, 4) is 0 Å². The fourth-order valence-electron chi connectivity index (χ4n) is 5.99. The van der Waals surface area contributed by atoms with Gasteiger partial charge in [-0.3, -0.25) is 9.89 Å². The zero-order chi connectivity index (χ0) is 20.5. The van der Waals surface area contributed by atoms with E-state index in [1.54, 1.807) is 4.31 Å². The van der Waals surface area contributed by atoms with Gasteiger partial charge >= 0.3 is 0 Å². The van der Waals surface area contributed by atoms with E-state index in [2.05, 4.69) is 15.4 Å². The number of aromatic amines is 1. The predicted octanol–water partition coefficient (Wildman–Crippen LogP) is 1.65. The van der Waals surface area contributed by atoms with Gasteiger partial charge in [0.05, 0.1) is 11.1 Å². The summed E-state index contributed by atoms with van der Waals surface area (Å²) in [5.41, 5.74) is 3.07.